The lowest BCUT2D eigenvalue weighted by Crippen LogP contribution is -2.23. The minimum atomic E-state index is -3.16. The number of amides is 1. The van der Waals surface area contributed by atoms with Crippen LogP contribution in [0.2, 0.25) is 0 Å². The van der Waals surface area contributed by atoms with Gasteiger partial charge in [0.05, 0.1) is 0 Å². The van der Waals surface area contributed by atoms with Crippen LogP contribution in [0.15, 0.2) is 11.5 Å². The second-order valence-electron chi connectivity index (χ2n) is 5.07. The Morgan fingerprint density at radius 1 is 1.37 bits per heavy atom. The molecule has 106 valence electrons. The first-order chi connectivity index (χ1) is 8.59. The van der Waals surface area contributed by atoms with Gasteiger partial charge in [-0.2, -0.15) is 0 Å². The Kier molecular flexibility index (Phi) is 4.81. The number of nitrogens with zero attached hydrogens (tertiary/aromatic N) is 2. The van der Waals surface area contributed by atoms with Crippen molar-refractivity contribution in [1.29, 1.82) is 0 Å². The summed E-state index contributed by atoms with van der Waals surface area (Å²) in [5.41, 5.74) is -0.146. The zero-order valence-corrected chi connectivity index (χ0v) is 12.9. The Hall–Kier alpha value is -1.28. The lowest BCUT2D eigenvalue weighted by atomic mass is 9.98. The van der Waals surface area contributed by atoms with E-state index in [1.54, 1.807) is 0 Å². The van der Waals surface area contributed by atoms with Crippen LogP contribution >= 0.6 is 11.3 Å². The van der Waals surface area contributed by atoms with Crippen molar-refractivity contribution in [3.8, 4) is 0 Å². The number of hydrogen-bond donors (Lipinski definition) is 1. The summed E-state index contributed by atoms with van der Waals surface area (Å²) in [4.78, 5) is 11.7. The van der Waals surface area contributed by atoms with Crippen LogP contribution in [-0.4, -0.2) is 37.3 Å². The van der Waals surface area contributed by atoms with Crippen LogP contribution in [0.25, 0.3) is 0 Å². The molecule has 0 fully saturated rings. The summed E-state index contributed by atoms with van der Waals surface area (Å²) < 4.78 is 21.7. The summed E-state index contributed by atoms with van der Waals surface area (Å²) in [5, 5.41) is 12.5. The van der Waals surface area contributed by atoms with Crippen LogP contribution in [0, 0.1) is 0 Å². The van der Waals surface area contributed by atoms with Gasteiger partial charge in [0.1, 0.15) is 5.01 Å². The molecule has 1 rings (SSSR count). The van der Waals surface area contributed by atoms with Gasteiger partial charge >= 0.3 is 0 Å². The average Bonchev–Trinajstić information content (AvgIpc) is 2.71. The Labute approximate surface area is 116 Å². The Balaban J connectivity index is 2.60. The molecule has 1 amide bonds. The zero-order valence-electron chi connectivity index (χ0n) is 11.3. The van der Waals surface area contributed by atoms with E-state index in [0.717, 1.165) is 16.7 Å². The Bertz CT molecular complexity index is 583. The van der Waals surface area contributed by atoms with Crippen molar-refractivity contribution in [2.24, 2.45) is 0 Å². The average molecular weight is 303 g/mol. The van der Waals surface area contributed by atoms with Gasteiger partial charge in [-0.15, -0.1) is 10.2 Å². The number of hydrogen-bond acceptors (Lipinski definition) is 6. The molecule has 0 radical (unpaired) electrons. The van der Waals surface area contributed by atoms with E-state index in [1.165, 1.54) is 17.4 Å². The predicted molar refractivity (Wildman–Crippen MR) is 74.9 cm³/mol. The van der Waals surface area contributed by atoms with Crippen molar-refractivity contribution in [2.75, 3.05) is 12.8 Å². The van der Waals surface area contributed by atoms with Crippen LogP contribution in [0.4, 0.5) is 0 Å². The van der Waals surface area contributed by atoms with Gasteiger partial charge in [0.15, 0.2) is 9.84 Å². The van der Waals surface area contributed by atoms with Gasteiger partial charge in [-0.1, -0.05) is 38.2 Å². The number of aromatic nitrogens is 2. The molecule has 0 saturated heterocycles. The first kappa shape index (κ1) is 15.8. The summed E-state index contributed by atoms with van der Waals surface area (Å²) >= 11 is 1.23. The van der Waals surface area contributed by atoms with Gasteiger partial charge in [0.25, 0.3) is 5.91 Å². The van der Waals surface area contributed by atoms with E-state index >= 15 is 0 Å². The van der Waals surface area contributed by atoms with Gasteiger partial charge in [-0.05, 0) is 0 Å². The fourth-order valence-corrected chi connectivity index (χ4v) is 2.33. The van der Waals surface area contributed by atoms with E-state index in [-0.39, 0.29) is 22.9 Å². The maximum atomic E-state index is 11.7. The molecule has 0 aliphatic carbocycles. The van der Waals surface area contributed by atoms with Crippen LogP contribution < -0.4 is 5.32 Å². The first-order valence-electron chi connectivity index (χ1n) is 5.58. The molecule has 0 aliphatic rings. The highest BCUT2D eigenvalue weighted by Crippen LogP contribution is 2.25. The summed E-state index contributed by atoms with van der Waals surface area (Å²) in [6.45, 7) is 6.11. The zero-order chi connectivity index (χ0) is 14.7. The van der Waals surface area contributed by atoms with Crippen LogP contribution in [0.1, 0.15) is 35.6 Å². The highest BCUT2D eigenvalue weighted by molar-refractivity contribution is 7.93. The molecule has 8 heteroatoms. The van der Waals surface area contributed by atoms with E-state index in [0.29, 0.717) is 0 Å². The van der Waals surface area contributed by atoms with E-state index in [4.69, 9.17) is 0 Å². The molecule has 6 nitrogen and oxygen atoms in total. The second-order valence-corrected chi connectivity index (χ2v) is 7.98. The summed E-state index contributed by atoms with van der Waals surface area (Å²) in [7, 11) is -3.16. The van der Waals surface area contributed by atoms with Crippen molar-refractivity contribution in [3.05, 3.63) is 21.5 Å². The van der Waals surface area contributed by atoms with Crippen molar-refractivity contribution in [3.63, 3.8) is 0 Å². The normalized spacial score (nSPS) is 12.8. The van der Waals surface area contributed by atoms with Crippen LogP contribution in [0.3, 0.4) is 0 Å². The third kappa shape index (κ3) is 5.48. The minimum absolute atomic E-state index is 0.135. The Morgan fingerprint density at radius 2 is 2.00 bits per heavy atom. The largest absolute Gasteiger partial charge is 0.346 e. The van der Waals surface area contributed by atoms with Gasteiger partial charge < -0.3 is 5.32 Å². The van der Waals surface area contributed by atoms with Crippen molar-refractivity contribution < 1.29 is 13.2 Å². The SMILES string of the molecule is CC(C)(C)c1nnc(C(=O)NC/C=C/S(C)(=O)=O)s1. The number of sulfone groups is 1. The quantitative estimate of drug-likeness (QED) is 0.900. The van der Waals surface area contributed by atoms with E-state index < -0.39 is 9.84 Å². The molecule has 1 aromatic rings. The minimum Gasteiger partial charge on any atom is -0.346 e. The first-order valence-corrected chi connectivity index (χ1v) is 8.35. The summed E-state index contributed by atoms with van der Waals surface area (Å²) in [6, 6.07) is 0. The van der Waals surface area contributed by atoms with Gasteiger partial charge in [-0.25, -0.2) is 8.42 Å². The second kappa shape index (κ2) is 5.79. The fraction of sp³-hybridized carbons (Fsp3) is 0.545. The van der Waals surface area contributed by atoms with E-state index in [1.807, 2.05) is 20.8 Å². The molecule has 1 N–H and O–H groups in total. The molecule has 0 aromatic carbocycles. The van der Waals surface area contributed by atoms with E-state index in [2.05, 4.69) is 15.5 Å². The molecule has 0 bridgehead atoms. The molecule has 0 spiro atoms. The third-order valence-corrected chi connectivity index (χ3v) is 4.02. The molecular formula is C11H17N3O3S2. The van der Waals surface area contributed by atoms with Gasteiger partial charge in [0.2, 0.25) is 5.01 Å². The number of carbonyl (C=O) groups is 1. The molecular weight excluding hydrogens is 286 g/mol. The topological polar surface area (TPSA) is 89.0 Å². The van der Waals surface area contributed by atoms with E-state index in [9.17, 15) is 13.2 Å². The van der Waals surface area contributed by atoms with Crippen LogP contribution in [0.5, 0.6) is 0 Å². The van der Waals surface area contributed by atoms with Gasteiger partial charge in [0, 0.05) is 23.6 Å². The molecule has 1 aromatic heterocycles. The van der Waals surface area contributed by atoms with Crippen LogP contribution in [-0.2, 0) is 15.3 Å². The number of nitrogens with one attached hydrogen (secondary N) is 1. The maximum absolute atomic E-state index is 11.7. The number of rotatable bonds is 4. The molecule has 1 heterocycles. The summed E-state index contributed by atoms with van der Waals surface area (Å²) in [5.74, 6) is -0.355. The van der Waals surface area contributed by atoms with Crippen molar-refractivity contribution >= 4 is 27.1 Å². The van der Waals surface area contributed by atoms with Gasteiger partial charge in [-0.3, -0.25) is 4.79 Å². The number of carbonyl (C=O) groups excluding carboxylic acids is 1. The lowest BCUT2D eigenvalue weighted by Gasteiger charge is -2.12. The standard InChI is InChI=1S/C11H17N3O3S2/c1-11(2,3)10-14-13-9(18-10)8(15)12-6-5-7-19(4,16)17/h5,7H,6H2,1-4H3,(H,12,15)/b7-5+. The molecule has 0 atom stereocenters. The smallest absolute Gasteiger partial charge is 0.282 e. The van der Waals surface area contributed by atoms with Crippen molar-refractivity contribution in [1.82, 2.24) is 15.5 Å². The summed E-state index contributed by atoms with van der Waals surface area (Å²) in [6.07, 6.45) is 2.46. The fourth-order valence-electron chi connectivity index (χ4n) is 1.07. The van der Waals surface area contributed by atoms with Crippen molar-refractivity contribution in [2.45, 2.75) is 26.2 Å². The molecule has 0 unspecified atom stereocenters. The highest BCUT2D eigenvalue weighted by Gasteiger charge is 2.21. The predicted octanol–water partition coefficient (Wildman–Crippen LogP) is 1.12. The maximum Gasteiger partial charge on any atom is 0.282 e. The molecule has 19 heavy (non-hydrogen) atoms. The molecule has 0 aliphatic heterocycles. The highest BCUT2D eigenvalue weighted by atomic mass is 32.2. The lowest BCUT2D eigenvalue weighted by molar-refractivity contribution is 0.0957. The monoisotopic (exact) mass is 303 g/mol. The third-order valence-electron chi connectivity index (χ3n) is 1.98. The Morgan fingerprint density at radius 3 is 2.47 bits per heavy atom. The molecule has 0 saturated carbocycles.